The molecule has 0 rings (SSSR count). The Kier molecular flexibility index (Phi) is 23.5. The minimum Gasteiger partial charge on any atom is -0.481 e. The molecule has 12 heteroatoms. The molecule has 0 aromatic carbocycles. The molecule has 2 atom stereocenters. The predicted molar refractivity (Wildman–Crippen MR) is 143 cm³/mol. The lowest BCUT2D eigenvalue weighted by molar-refractivity contribution is -0.161. The van der Waals surface area contributed by atoms with E-state index < -0.39 is 38.4 Å². The molecule has 0 heterocycles. The smallest absolute Gasteiger partial charge is 0.472 e. The van der Waals surface area contributed by atoms with E-state index in [4.69, 9.17) is 24.8 Å². The highest BCUT2D eigenvalue weighted by Gasteiger charge is 2.26. The predicted octanol–water partition coefficient (Wildman–Crippen LogP) is 5.27. The van der Waals surface area contributed by atoms with Crippen molar-refractivity contribution in [3.63, 3.8) is 0 Å². The van der Waals surface area contributed by atoms with Gasteiger partial charge in [0.25, 0.3) is 0 Å². The van der Waals surface area contributed by atoms with Crippen LogP contribution in [0.15, 0.2) is 0 Å². The van der Waals surface area contributed by atoms with Crippen LogP contribution in [0.3, 0.4) is 0 Å². The second-order valence-corrected chi connectivity index (χ2v) is 10.9. The van der Waals surface area contributed by atoms with Gasteiger partial charge in [-0.3, -0.25) is 23.4 Å². The molecule has 0 fully saturated rings. The monoisotopic (exact) mass is 567 g/mol. The summed E-state index contributed by atoms with van der Waals surface area (Å²) in [6, 6.07) is 0. The SMILES string of the molecule is CCCCCCCCCCCCCCCC(=O)OC[C@H](COP(=O)(O)OCCN)OC(=O)CCCC(=O)O. The first-order valence-corrected chi connectivity index (χ1v) is 15.6. The van der Waals surface area contributed by atoms with E-state index in [0.717, 1.165) is 19.3 Å². The van der Waals surface area contributed by atoms with Crippen LogP contribution < -0.4 is 5.73 Å². The van der Waals surface area contributed by atoms with E-state index in [1.165, 1.54) is 57.8 Å². The van der Waals surface area contributed by atoms with Crippen LogP contribution >= 0.6 is 7.82 Å². The number of rotatable bonds is 27. The van der Waals surface area contributed by atoms with Crippen molar-refractivity contribution < 1.29 is 47.5 Å². The number of ether oxygens (including phenoxy) is 2. The zero-order chi connectivity index (χ0) is 28.5. The average Bonchev–Trinajstić information content (AvgIpc) is 2.87. The van der Waals surface area contributed by atoms with Gasteiger partial charge in [-0.25, -0.2) is 4.57 Å². The van der Waals surface area contributed by atoms with Crippen molar-refractivity contribution in [3.8, 4) is 0 Å². The van der Waals surface area contributed by atoms with Gasteiger partial charge >= 0.3 is 25.7 Å². The van der Waals surface area contributed by atoms with Gasteiger partial charge < -0.3 is 25.2 Å². The molecule has 0 spiro atoms. The Morgan fingerprint density at radius 1 is 0.737 bits per heavy atom. The lowest BCUT2D eigenvalue weighted by atomic mass is 10.0. The Morgan fingerprint density at radius 3 is 1.79 bits per heavy atom. The fourth-order valence-corrected chi connectivity index (χ4v) is 4.44. The fraction of sp³-hybridized carbons (Fsp3) is 0.885. The number of phosphoric acid groups is 1. The minimum atomic E-state index is -4.42. The molecule has 4 N–H and O–H groups in total. The van der Waals surface area contributed by atoms with Crippen molar-refractivity contribution in [2.45, 2.75) is 122 Å². The van der Waals surface area contributed by atoms with Gasteiger partial charge in [0.15, 0.2) is 6.10 Å². The molecule has 0 aromatic heterocycles. The minimum absolute atomic E-state index is 0.00666. The molecule has 0 amide bonds. The van der Waals surface area contributed by atoms with Crippen LogP contribution in [0.5, 0.6) is 0 Å². The van der Waals surface area contributed by atoms with Gasteiger partial charge in [-0.05, 0) is 12.8 Å². The maximum Gasteiger partial charge on any atom is 0.472 e. The Hall–Kier alpha value is -1.52. The third-order valence-corrected chi connectivity index (χ3v) is 6.76. The molecule has 0 aliphatic rings. The second-order valence-electron chi connectivity index (χ2n) is 9.42. The fourth-order valence-electron chi connectivity index (χ4n) is 3.67. The van der Waals surface area contributed by atoms with Crippen LogP contribution in [-0.2, 0) is 37.5 Å². The van der Waals surface area contributed by atoms with E-state index in [1.54, 1.807) is 0 Å². The normalized spacial score (nSPS) is 13.6. The summed E-state index contributed by atoms with van der Waals surface area (Å²) < 4.78 is 31.6. The van der Waals surface area contributed by atoms with Gasteiger partial charge in [0.2, 0.25) is 0 Å². The van der Waals surface area contributed by atoms with Crippen LogP contribution in [0.25, 0.3) is 0 Å². The highest BCUT2D eigenvalue weighted by atomic mass is 31.2. The number of phosphoric ester groups is 1. The molecule has 0 saturated carbocycles. The van der Waals surface area contributed by atoms with E-state index in [2.05, 4.69) is 11.4 Å². The van der Waals surface area contributed by atoms with E-state index in [9.17, 15) is 23.8 Å². The molecular formula is C26H50NO10P. The van der Waals surface area contributed by atoms with Crippen molar-refractivity contribution in [2.24, 2.45) is 5.73 Å². The van der Waals surface area contributed by atoms with Gasteiger partial charge in [-0.2, -0.15) is 0 Å². The highest BCUT2D eigenvalue weighted by molar-refractivity contribution is 7.47. The summed E-state index contributed by atoms with van der Waals surface area (Å²) in [5.74, 6) is -2.24. The number of carbonyl (C=O) groups is 3. The first-order chi connectivity index (χ1) is 18.2. The van der Waals surface area contributed by atoms with E-state index in [1.807, 2.05) is 0 Å². The number of unbranched alkanes of at least 4 members (excludes halogenated alkanes) is 12. The molecule has 11 nitrogen and oxygen atoms in total. The van der Waals surface area contributed by atoms with Crippen LogP contribution in [0.4, 0.5) is 0 Å². The summed E-state index contributed by atoms with van der Waals surface area (Å²) in [4.78, 5) is 44.3. The van der Waals surface area contributed by atoms with Crippen molar-refractivity contribution in [2.75, 3.05) is 26.4 Å². The number of hydrogen-bond donors (Lipinski definition) is 3. The molecular weight excluding hydrogens is 517 g/mol. The molecule has 0 aromatic rings. The standard InChI is InChI=1S/C26H50NO10P/c1-2-3-4-5-6-7-8-9-10-11-12-13-14-17-25(30)34-21-23(22-36-38(32,33)35-20-19-27)37-26(31)18-15-16-24(28)29/h23H,2-22,27H2,1H3,(H,28,29)(H,32,33)/t23-/m1/s1. The van der Waals surface area contributed by atoms with Gasteiger partial charge in [0.05, 0.1) is 13.2 Å². The first-order valence-electron chi connectivity index (χ1n) is 14.1. The summed E-state index contributed by atoms with van der Waals surface area (Å²) in [6.07, 6.45) is 14.3. The average molecular weight is 568 g/mol. The van der Waals surface area contributed by atoms with Crippen molar-refractivity contribution in [1.29, 1.82) is 0 Å². The Balaban J connectivity index is 4.18. The molecule has 1 unspecified atom stereocenters. The highest BCUT2D eigenvalue weighted by Crippen LogP contribution is 2.43. The van der Waals surface area contributed by atoms with Crippen LogP contribution in [0.1, 0.15) is 116 Å². The zero-order valence-electron chi connectivity index (χ0n) is 23.1. The van der Waals surface area contributed by atoms with Gasteiger partial charge in [-0.1, -0.05) is 84.0 Å². The number of carboxylic acids is 1. The number of esters is 2. The summed E-state index contributed by atoms with van der Waals surface area (Å²) >= 11 is 0. The van der Waals surface area contributed by atoms with Crippen LogP contribution in [0.2, 0.25) is 0 Å². The van der Waals surface area contributed by atoms with E-state index in [0.29, 0.717) is 6.42 Å². The number of carbonyl (C=O) groups excluding carboxylic acids is 2. The third kappa shape index (κ3) is 24.8. The zero-order valence-corrected chi connectivity index (χ0v) is 24.0. The van der Waals surface area contributed by atoms with Gasteiger partial charge in [0, 0.05) is 25.8 Å². The second kappa shape index (κ2) is 24.5. The van der Waals surface area contributed by atoms with Crippen molar-refractivity contribution in [1.82, 2.24) is 0 Å². The van der Waals surface area contributed by atoms with Gasteiger partial charge in [0.1, 0.15) is 6.61 Å². The summed E-state index contributed by atoms with van der Waals surface area (Å²) in [5, 5.41) is 8.68. The molecule has 0 aliphatic carbocycles. The topological polar surface area (TPSA) is 172 Å². The van der Waals surface area contributed by atoms with Crippen molar-refractivity contribution >= 4 is 25.7 Å². The Morgan fingerprint density at radius 2 is 1.26 bits per heavy atom. The number of carboxylic acid groups (broad SMARTS) is 1. The Bertz CT molecular complexity index is 676. The quantitative estimate of drug-likeness (QED) is 0.0670. The van der Waals surface area contributed by atoms with Gasteiger partial charge in [-0.15, -0.1) is 0 Å². The van der Waals surface area contributed by atoms with Crippen molar-refractivity contribution in [3.05, 3.63) is 0 Å². The molecule has 0 saturated heterocycles. The molecule has 0 radical (unpaired) electrons. The number of hydrogen-bond acceptors (Lipinski definition) is 9. The maximum atomic E-state index is 12.1. The number of aliphatic carboxylic acids is 1. The largest absolute Gasteiger partial charge is 0.481 e. The lowest BCUT2D eigenvalue weighted by Gasteiger charge is -2.19. The van der Waals surface area contributed by atoms with E-state index in [-0.39, 0.29) is 45.4 Å². The molecule has 224 valence electrons. The number of nitrogens with two attached hydrogens (primary N) is 1. The van der Waals surface area contributed by atoms with E-state index >= 15 is 0 Å². The van der Waals surface area contributed by atoms with Crippen LogP contribution in [0, 0.1) is 0 Å². The molecule has 0 bridgehead atoms. The molecule has 38 heavy (non-hydrogen) atoms. The summed E-state index contributed by atoms with van der Waals surface area (Å²) in [5.41, 5.74) is 5.23. The first kappa shape index (κ1) is 36.5. The lowest BCUT2D eigenvalue weighted by Crippen LogP contribution is -2.29. The van der Waals surface area contributed by atoms with Crippen LogP contribution in [-0.4, -0.2) is 60.4 Å². The third-order valence-electron chi connectivity index (χ3n) is 5.78. The molecule has 0 aliphatic heterocycles. The Labute approximate surface area is 227 Å². The summed E-state index contributed by atoms with van der Waals surface area (Å²) in [7, 11) is -4.42. The maximum absolute atomic E-state index is 12.1. The summed E-state index contributed by atoms with van der Waals surface area (Å²) in [6.45, 7) is 1.12.